The Labute approximate surface area is 144 Å². The summed E-state index contributed by atoms with van der Waals surface area (Å²) in [5, 5.41) is 3.41. The molecule has 0 aliphatic carbocycles. The zero-order valence-corrected chi connectivity index (χ0v) is 15.3. The van der Waals surface area contributed by atoms with Gasteiger partial charge in [-0.05, 0) is 44.4 Å². The van der Waals surface area contributed by atoms with Gasteiger partial charge in [0, 0.05) is 25.5 Å². The van der Waals surface area contributed by atoms with Crippen LogP contribution in [0.4, 0.5) is 11.4 Å². The van der Waals surface area contributed by atoms with Crippen LogP contribution in [0.25, 0.3) is 0 Å². The first-order valence-corrected chi connectivity index (χ1v) is 8.47. The molecule has 1 heterocycles. The molecule has 2 aromatic rings. The summed E-state index contributed by atoms with van der Waals surface area (Å²) in [6.45, 7) is 9.16. The summed E-state index contributed by atoms with van der Waals surface area (Å²) in [7, 11) is 1.84. The van der Waals surface area contributed by atoms with Crippen molar-refractivity contribution in [1.29, 1.82) is 0 Å². The zero-order valence-electron chi connectivity index (χ0n) is 15.3. The molecule has 0 bridgehead atoms. The summed E-state index contributed by atoms with van der Waals surface area (Å²) in [6, 6.07) is 6.17. The van der Waals surface area contributed by atoms with Gasteiger partial charge in [0.1, 0.15) is 0 Å². The predicted octanol–water partition coefficient (Wildman–Crippen LogP) is 4.62. The second-order valence-electron chi connectivity index (χ2n) is 6.44. The maximum atomic E-state index is 12.5. The molecule has 0 radical (unpaired) electrons. The average molecular weight is 325 g/mol. The van der Waals surface area contributed by atoms with Crippen molar-refractivity contribution in [1.82, 2.24) is 9.88 Å². The van der Waals surface area contributed by atoms with Gasteiger partial charge in [-0.3, -0.25) is 9.78 Å². The third-order valence-electron chi connectivity index (χ3n) is 4.13. The number of unbranched alkanes of at least 4 members (excludes halogenated alkanes) is 1. The molecule has 0 saturated carbocycles. The fourth-order valence-electron chi connectivity index (χ4n) is 2.86. The van der Waals surface area contributed by atoms with Crippen molar-refractivity contribution in [3.8, 4) is 0 Å². The van der Waals surface area contributed by atoms with E-state index in [2.05, 4.69) is 50.1 Å². The molecule has 0 unspecified atom stereocenters. The molecule has 0 aliphatic rings. The summed E-state index contributed by atoms with van der Waals surface area (Å²) in [5.74, 6) is 0.0111. The van der Waals surface area contributed by atoms with Gasteiger partial charge in [-0.2, -0.15) is 0 Å². The number of aryl methyl sites for hydroxylation is 3. The first kappa shape index (κ1) is 18.0. The Morgan fingerprint density at radius 3 is 2.42 bits per heavy atom. The van der Waals surface area contributed by atoms with E-state index in [4.69, 9.17) is 0 Å². The van der Waals surface area contributed by atoms with Gasteiger partial charge < -0.3 is 10.2 Å². The van der Waals surface area contributed by atoms with E-state index in [1.165, 1.54) is 16.7 Å². The monoisotopic (exact) mass is 325 g/mol. The summed E-state index contributed by atoms with van der Waals surface area (Å²) in [4.78, 5) is 18.5. The maximum absolute atomic E-state index is 12.5. The lowest BCUT2D eigenvalue weighted by Crippen LogP contribution is -2.27. The number of benzene rings is 1. The van der Waals surface area contributed by atoms with E-state index >= 15 is 0 Å². The van der Waals surface area contributed by atoms with Crippen molar-refractivity contribution in [2.75, 3.05) is 18.9 Å². The van der Waals surface area contributed by atoms with E-state index < -0.39 is 0 Å². The Morgan fingerprint density at radius 1 is 1.12 bits per heavy atom. The quantitative estimate of drug-likeness (QED) is 0.842. The molecule has 2 rings (SSSR count). The number of hydrogen-bond donors (Lipinski definition) is 1. The number of hydrogen-bond acceptors (Lipinski definition) is 3. The molecule has 1 N–H and O–H groups in total. The van der Waals surface area contributed by atoms with Crippen molar-refractivity contribution in [2.45, 2.75) is 40.5 Å². The van der Waals surface area contributed by atoms with Crippen molar-refractivity contribution in [3.05, 3.63) is 52.8 Å². The highest BCUT2D eigenvalue weighted by molar-refractivity contribution is 5.94. The summed E-state index contributed by atoms with van der Waals surface area (Å²) >= 11 is 0. The van der Waals surface area contributed by atoms with E-state index in [1.54, 1.807) is 17.3 Å². The van der Waals surface area contributed by atoms with Crippen LogP contribution in [0.1, 0.15) is 46.8 Å². The number of nitrogens with one attached hydrogen (secondary N) is 1. The fraction of sp³-hybridized carbons (Fsp3) is 0.400. The minimum Gasteiger partial charge on any atom is -0.354 e. The Kier molecular flexibility index (Phi) is 5.96. The minimum absolute atomic E-state index is 0.0111. The lowest BCUT2D eigenvalue weighted by atomic mass is 10.0. The van der Waals surface area contributed by atoms with Gasteiger partial charge >= 0.3 is 0 Å². The van der Waals surface area contributed by atoms with Crippen LogP contribution in [0.2, 0.25) is 0 Å². The van der Waals surface area contributed by atoms with Gasteiger partial charge in [-0.1, -0.05) is 31.0 Å². The van der Waals surface area contributed by atoms with Gasteiger partial charge in [0.15, 0.2) is 0 Å². The van der Waals surface area contributed by atoms with Crippen LogP contribution in [-0.2, 0) is 0 Å². The van der Waals surface area contributed by atoms with Gasteiger partial charge in [0.2, 0.25) is 0 Å². The van der Waals surface area contributed by atoms with Crippen LogP contribution in [0, 0.1) is 20.8 Å². The summed E-state index contributed by atoms with van der Waals surface area (Å²) in [5.41, 5.74) is 6.14. The minimum atomic E-state index is 0.0111. The molecule has 0 spiro atoms. The fourth-order valence-corrected chi connectivity index (χ4v) is 2.86. The van der Waals surface area contributed by atoms with Crippen LogP contribution >= 0.6 is 0 Å². The van der Waals surface area contributed by atoms with Crippen LogP contribution in [0.15, 0.2) is 30.6 Å². The largest absolute Gasteiger partial charge is 0.354 e. The third-order valence-corrected chi connectivity index (χ3v) is 4.13. The first-order valence-electron chi connectivity index (χ1n) is 8.47. The van der Waals surface area contributed by atoms with E-state index in [0.717, 1.165) is 30.8 Å². The number of pyridine rings is 1. The number of anilines is 2. The van der Waals surface area contributed by atoms with Crippen molar-refractivity contribution in [2.24, 2.45) is 0 Å². The molecule has 128 valence electrons. The van der Waals surface area contributed by atoms with E-state index in [0.29, 0.717) is 5.56 Å². The van der Waals surface area contributed by atoms with Crippen LogP contribution in [-0.4, -0.2) is 29.4 Å². The number of rotatable bonds is 6. The SMILES string of the molecule is CCCCN(C)C(=O)c1cncc(Nc2c(C)cc(C)cc2C)c1. The van der Waals surface area contributed by atoms with E-state index in [1.807, 2.05) is 13.1 Å². The molecule has 0 fully saturated rings. The number of nitrogens with zero attached hydrogens (tertiary/aromatic N) is 2. The topological polar surface area (TPSA) is 45.2 Å². The predicted molar refractivity (Wildman–Crippen MR) is 100 cm³/mol. The molecular weight excluding hydrogens is 298 g/mol. The highest BCUT2D eigenvalue weighted by Gasteiger charge is 2.13. The van der Waals surface area contributed by atoms with Gasteiger partial charge in [0.25, 0.3) is 5.91 Å². The third kappa shape index (κ3) is 4.34. The summed E-state index contributed by atoms with van der Waals surface area (Å²) in [6.07, 6.45) is 5.46. The highest BCUT2D eigenvalue weighted by atomic mass is 16.2. The second kappa shape index (κ2) is 7.95. The lowest BCUT2D eigenvalue weighted by molar-refractivity contribution is 0.0793. The van der Waals surface area contributed by atoms with Crippen molar-refractivity contribution in [3.63, 3.8) is 0 Å². The molecule has 0 aliphatic heterocycles. The highest BCUT2D eigenvalue weighted by Crippen LogP contribution is 2.26. The van der Waals surface area contributed by atoms with Crippen molar-refractivity contribution >= 4 is 17.3 Å². The first-order chi connectivity index (χ1) is 11.4. The van der Waals surface area contributed by atoms with E-state index in [-0.39, 0.29) is 5.91 Å². The van der Waals surface area contributed by atoms with Gasteiger partial charge in [-0.25, -0.2) is 0 Å². The van der Waals surface area contributed by atoms with Crippen LogP contribution < -0.4 is 5.32 Å². The molecule has 4 heteroatoms. The number of carbonyl (C=O) groups is 1. The zero-order chi connectivity index (χ0) is 17.7. The number of aromatic nitrogens is 1. The molecule has 1 amide bonds. The molecule has 24 heavy (non-hydrogen) atoms. The van der Waals surface area contributed by atoms with Crippen LogP contribution in [0.3, 0.4) is 0 Å². The smallest absolute Gasteiger partial charge is 0.255 e. The normalized spacial score (nSPS) is 10.5. The maximum Gasteiger partial charge on any atom is 0.255 e. The van der Waals surface area contributed by atoms with Crippen molar-refractivity contribution < 1.29 is 4.79 Å². The lowest BCUT2D eigenvalue weighted by Gasteiger charge is -2.18. The molecule has 1 aromatic carbocycles. The molecule has 0 saturated heterocycles. The Morgan fingerprint density at radius 2 is 1.79 bits per heavy atom. The van der Waals surface area contributed by atoms with Crippen LogP contribution in [0.5, 0.6) is 0 Å². The van der Waals surface area contributed by atoms with Gasteiger partial charge in [-0.15, -0.1) is 0 Å². The average Bonchev–Trinajstić information content (AvgIpc) is 2.55. The number of amides is 1. The molecular formula is C20H27N3O. The second-order valence-corrected chi connectivity index (χ2v) is 6.44. The number of carbonyl (C=O) groups excluding carboxylic acids is 1. The Hall–Kier alpha value is -2.36. The molecule has 0 atom stereocenters. The molecule has 1 aromatic heterocycles. The molecule has 4 nitrogen and oxygen atoms in total. The Bertz CT molecular complexity index is 702. The summed E-state index contributed by atoms with van der Waals surface area (Å²) < 4.78 is 0. The Balaban J connectivity index is 2.21. The van der Waals surface area contributed by atoms with E-state index in [9.17, 15) is 4.79 Å². The van der Waals surface area contributed by atoms with Gasteiger partial charge in [0.05, 0.1) is 17.4 Å². The standard InChI is InChI=1S/C20H27N3O/c1-6-7-8-23(5)20(24)17-11-18(13-21-12-17)22-19-15(3)9-14(2)10-16(19)4/h9-13,22H,6-8H2,1-5H3.